The molecule has 1 unspecified atom stereocenters. The molecule has 0 aliphatic rings. The Hall–Kier alpha value is -0.0500. The van der Waals surface area contributed by atoms with Gasteiger partial charge in [0.2, 0.25) is 0 Å². The lowest BCUT2D eigenvalue weighted by Crippen LogP contribution is -2.20. The number of aliphatic hydroxyl groups excluding tert-OH is 1. The van der Waals surface area contributed by atoms with Crippen molar-refractivity contribution in [3.8, 4) is 0 Å². The largest absolute Gasteiger partial charge is 0.388 e. The van der Waals surface area contributed by atoms with Gasteiger partial charge in [-0.05, 0) is 7.05 Å². The fraction of sp³-hybridized carbons (Fsp3) is 0.600. The molecule has 2 N–H and O–H groups in total. The minimum atomic E-state index is -0.398. The van der Waals surface area contributed by atoms with Crippen LogP contribution in [0.5, 0.6) is 0 Å². The molecule has 50 valence electrons. The van der Waals surface area contributed by atoms with Gasteiger partial charge in [-0.15, -0.1) is 19.0 Å². The molecular formula is C5H12ClNO. The van der Waals surface area contributed by atoms with E-state index in [0.717, 1.165) is 0 Å². The van der Waals surface area contributed by atoms with Crippen molar-refractivity contribution in [3.63, 3.8) is 0 Å². The molecule has 0 aliphatic heterocycles. The summed E-state index contributed by atoms with van der Waals surface area (Å²) in [4.78, 5) is 0. The van der Waals surface area contributed by atoms with Crippen LogP contribution in [0, 0.1) is 0 Å². The third-order valence-electron chi connectivity index (χ3n) is 0.685. The lowest BCUT2D eigenvalue weighted by atomic mass is 10.4. The Morgan fingerprint density at radius 3 is 2.50 bits per heavy atom. The first-order valence-electron chi connectivity index (χ1n) is 2.26. The number of likely N-dealkylation sites (N-methyl/N-ethyl adjacent to an activating group) is 1. The van der Waals surface area contributed by atoms with Crippen molar-refractivity contribution in [2.24, 2.45) is 0 Å². The molecule has 0 amide bonds. The Bertz CT molecular complexity index is 58.4. The van der Waals surface area contributed by atoms with E-state index in [1.807, 2.05) is 0 Å². The van der Waals surface area contributed by atoms with Gasteiger partial charge in [0.15, 0.2) is 0 Å². The second kappa shape index (κ2) is 6.95. The van der Waals surface area contributed by atoms with E-state index >= 15 is 0 Å². The Kier molecular flexibility index (Phi) is 9.42. The molecule has 2 nitrogen and oxygen atoms in total. The predicted molar refractivity (Wildman–Crippen MR) is 37.4 cm³/mol. The highest BCUT2D eigenvalue weighted by Crippen LogP contribution is 1.76. The van der Waals surface area contributed by atoms with Crippen molar-refractivity contribution in [1.82, 2.24) is 5.32 Å². The van der Waals surface area contributed by atoms with Gasteiger partial charge in [0.25, 0.3) is 0 Å². The van der Waals surface area contributed by atoms with Crippen molar-refractivity contribution in [2.75, 3.05) is 13.6 Å². The second-order valence-corrected chi connectivity index (χ2v) is 1.36. The Labute approximate surface area is 56.0 Å². The van der Waals surface area contributed by atoms with Crippen LogP contribution in [0.2, 0.25) is 0 Å². The van der Waals surface area contributed by atoms with Gasteiger partial charge in [0.1, 0.15) is 0 Å². The van der Waals surface area contributed by atoms with Gasteiger partial charge in [0, 0.05) is 6.54 Å². The van der Waals surface area contributed by atoms with E-state index in [1.54, 1.807) is 7.05 Å². The highest BCUT2D eigenvalue weighted by molar-refractivity contribution is 5.85. The average molecular weight is 138 g/mol. The molecule has 0 rings (SSSR count). The Morgan fingerprint density at radius 1 is 1.88 bits per heavy atom. The first-order chi connectivity index (χ1) is 3.31. The van der Waals surface area contributed by atoms with E-state index in [9.17, 15) is 0 Å². The maximum absolute atomic E-state index is 8.68. The number of hydrogen-bond acceptors (Lipinski definition) is 2. The van der Waals surface area contributed by atoms with Crippen LogP contribution in [-0.4, -0.2) is 24.8 Å². The maximum atomic E-state index is 8.68. The van der Waals surface area contributed by atoms with Gasteiger partial charge in [-0.1, -0.05) is 6.08 Å². The molecule has 0 heterocycles. The van der Waals surface area contributed by atoms with Crippen LogP contribution in [-0.2, 0) is 0 Å². The maximum Gasteiger partial charge on any atom is 0.0842 e. The zero-order valence-corrected chi connectivity index (χ0v) is 5.74. The molecule has 0 radical (unpaired) electrons. The minimum Gasteiger partial charge on any atom is -0.388 e. The van der Waals surface area contributed by atoms with Gasteiger partial charge in [-0.3, -0.25) is 0 Å². The van der Waals surface area contributed by atoms with E-state index < -0.39 is 6.10 Å². The molecule has 0 aromatic heterocycles. The molecule has 0 fully saturated rings. The average Bonchev–Trinajstić information content (AvgIpc) is 1.68. The van der Waals surface area contributed by atoms with E-state index in [2.05, 4.69) is 11.9 Å². The van der Waals surface area contributed by atoms with Crippen LogP contribution in [0.4, 0.5) is 0 Å². The highest BCUT2D eigenvalue weighted by Gasteiger charge is 1.90. The molecule has 0 spiro atoms. The molecule has 0 aromatic rings. The van der Waals surface area contributed by atoms with Crippen molar-refractivity contribution >= 4 is 12.4 Å². The zero-order chi connectivity index (χ0) is 5.70. The van der Waals surface area contributed by atoms with Gasteiger partial charge in [0.05, 0.1) is 6.10 Å². The SMILES string of the molecule is C=CC(O)CNC.Cl. The molecule has 0 bridgehead atoms. The van der Waals surface area contributed by atoms with E-state index in [4.69, 9.17) is 5.11 Å². The monoisotopic (exact) mass is 137 g/mol. The van der Waals surface area contributed by atoms with Crippen LogP contribution < -0.4 is 5.32 Å². The molecule has 0 aromatic carbocycles. The van der Waals surface area contributed by atoms with Gasteiger partial charge < -0.3 is 10.4 Å². The van der Waals surface area contributed by atoms with Crippen LogP contribution in [0.25, 0.3) is 0 Å². The third-order valence-corrected chi connectivity index (χ3v) is 0.685. The van der Waals surface area contributed by atoms with Gasteiger partial charge in [-0.2, -0.15) is 0 Å². The lowest BCUT2D eigenvalue weighted by molar-refractivity contribution is 0.222. The topological polar surface area (TPSA) is 32.3 Å². The smallest absolute Gasteiger partial charge is 0.0842 e. The molecule has 8 heavy (non-hydrogen) atoms. The van der Waals surface area contributed by atoms with Gasteiger partial charge >= 0.3 is 0 Å². The third kappa shape index (κ3) is 5.95. The van der Waals surface area contributed by atoms with Crippen LogP contribution >= 0.6 is 12.4 Å². The quantitative estimate of drug-likeness (QED) is 0.544. The summed E-state index contributed by atoms with van der Waals surface area (Å²) >= 11 is 0. The molecule has 1 atom stereocenters. The molecule has 0 saturated carbocycles. The minimum absolute atomic E-state index is 0. The second-order valence-electron chi connectivity index (χ2n) is 1.36. The lowest BCUT2D eigenvalue weighted by Gasteiger charge is -1.99. The number of hydrogen-bond donors (Lipinski definition) is 2. The number of nitrogens with one attached hydrogen (secondary N) is 1. The van der Waals surface area contributed by atoms with Crippen LogP contribution in [0.3, 0.4) is 0 Å². The van der Waals surface area contributed by atoms with Crippen molar-refractivity contribution in [2.45, 2.75) is 6.10 Å². The Balaban J connectivity index is 0. The summed E-state index contributed by atoms with van der Waals surface area (Å²) in [6, 6.07) is 0. The summed E-state index contributed by atoms with van der Waals surface area (Å²) in [5.41, 5.74) is 0. The summed E-state index contributed by atoms with van der Waals surface area (Å²) < 4.78 is 0. The highest BCUT2D eigenvalue weighted by atomic mass is 35.5. The van der Waals surface area contributed by atoms with E-state index in [-0.39, 0.29) is 12.4 Å². The fourth-order valence-electron chi connectivity index (χ4n) is 0.292. The van der Waals surface area contributed by atoms with Gasteiger partial charge in [-0.25, -0.2) is 0 Å². The summed E-state index contributed by atoms with van der Waals surface area (Å²) in [5, 5.41) is 11.5. The van der Waals surface area contributed by atoms with E-state index in [1.165, 1.54) is 6.08 Å². The standard InChI is InChI=1S/C5H11NO.ClH/c1-3-5(7)4-6-2;/h3,5-7H,1,4H2,2H3;1H. The summed E-state index contributed by atoms with van der Waals surface area (Å²) in [7, 11) is 1.78. The predicted octanol–water partition coefficient (Wildman–Crippen LogP) is 0.174. The number of halogens is 1. The van der Waals surface area contributed by atoms with Crippen molar-refractivity contribution < 1.29 is 5.11 Å². The molecular weight excluding hydrogens is 126 g/mol. The normalized spacial score (nSPS) is 11.8. The number of rotatable bonds is 3. The van der Waals surface area contributed by atoms with E-state index in [0.29, 0.717) is 6.54 Å². The molecule has 0 saturated heterocycles. The summed E-state index contributed by atoms with van der Waals surface area (Å²) in [6.07, 6.45) is 1.10. The van der Waals surface area contributed by atoms with Crippen LogP contribution in [0.1, 0.15) is 0 Å². The zero-order valence-electron chi connectivity index (χ0n) is 4.92. The molecule has 0 aliphatic carbocycles. The van der Waals surface area contributed by atoms with Crippen molar-refractivity contribution in [1.29, 1.82) is 0 Å². The molecule has 3 heteroatoms. The van der Waals surface area contributed by atoms with Crippen LogP contribution in [0.15, 0.2) is 12.7 Å². The fourth-order valence-corrected chi connectivity index (χ4v) is 0.292. The number of aliphatic hydroxyl groups is 1. The summed E-state index contributed by atoms with van der Waals surface area (Å²) in [6.45, 7) is 3.98. The first-order valence-corrected chi connectivity index (χ1v) is 2.26. The van der Waals surface area contributed by atoms with Crippen molar-refractivity contribution in [3.05, 3.63) is 12.7 Å². The Morgan fingerprint density at radius 2 is 2.38 bits per heavy atom. The first kappa shape index (κ1) is 10.8. The summed E-state index contributed by atoms with van der Waals surface area (Å²) in [5.74, 6) is 0.